The molecule has 1 aliphatic rings. The first-order valence-electron chi connectivity index (χ1n) is 8.21. The van der Waals surface area contributed by atoms with Gasteiger partial charge in [-0.1, -0.05) is 28.1 Å². The molecule has 1 saturated heterocycles. The molecule has 1 aliphatic heterocycles. The lowest BCUT2D eigenvalue weighted by atomic mass is 10.0. The molecule has 2 rings (SSSR count). The fourth-order valence-electron chi connectivity index (χ4n) is 2.99. The van der Waals surface area contributed by atoms with Crippen molar-refractivity contribution in [3.05, 3.63) is 40.4 Å². The van der Waals surface area contributed by atoms with Crippen molar-refractivity contribution in [2.45, 2.75) is 38.6 Å². The summed E-state index contributed by atoms with van der Waals surface area (Å²) in [6.07, 6.45) is 8.58. The Morgan fingerprint density at radius 1 is 1.45 bits per heavy atom. The Morgan fingerprint density at radius 2 is 2.32 bits per heavy atom. The Balaban J connectivity index is 1.65. The molecule has 0 saturated carbocycles. The number of rotatable bonds is 6. The second-order valence-corrected chi connectivity index (χ2v) is 7.00. The number of nitrogens with one attached hydrogen (secondary N) is 2. The molecule has 1 unspecified atom stereocenters. The number of amides is 1. The molecule has 0 bridgehead atoms. The van der Waals surface area contributed by atoms with Gasteiger partial charge in [0.05, 0.1) is 19.1 Å². The Kier molecular flexibility index (Phi) is 7.13. The quantitative estimate of drug-likeness (QED) is 0.589. The number of likely N-dealkylation sites (tertiary alicyclic amines) is 1. The summed E-state index contributed by atoms with van der Waals surface area (Å²) in [6, 6.07) is 8.69. The van der Waals surface area contributed by atoms with E-state index in [1.807, 2.05) is 30.3 Å². The zero-order chi connectivity index (χ0) is 15.8. The van der Waals surface area contributed by atoms with Crippen molar-refractivity contribution >= 4 is 27.9 Å². The van der Waals surface area contributed by atoms with Gasteiger partial charge in [0.15, 0.2) is 0 Å². The second-order valence-electron chi connectivity index (χ2n) is 6.09. The number of carbonyl (C=O) groups excluding carboxylic acids is 1. The van der Waals surface area contributed by atoms with Gasteiger partial charge < -0.3 is 10.2 Å². The Labute approximate surface area is 141 Å². The molecule has 0 aliphatic carbocycles. The first kappa shape index (κ1) is 17.2. The van der Waals surface area contributed by atoms with Gasteiger partial charge in [0.1, 0.15) is 0 Å². The van der Waals surface area contributed by atoms with Crippen LogP contribution in [-0.2, 0) is 4.79 Å². The number of quaternary nitrogens is 1. The van der Waals surface area contributed by atoms with Crippen LogP contribution in [0.4, 0.5) is 0 Å². The van der Waals surface area contributed by atoms with Gasteiger partial charge in [-0.05, 0) is 50.0 Å². The number of hydrogen-bond acceptors (Lipinski definition) is 1. The standard InChI is InChI=1S/C18H25BrN2O/c1-15-6-2-3-12-21(15)13-5-11-20-18(22)10-9-16-7-4-8-17(19)14-16/h4,7-10,14-15H,2-3,5-6,11-13H2,1H3,(H,20,22)/p+1/b10-9+/t15-/m1/s1. The average molecular weight is 366 g/mol. The lowest BCUT2D eigenvalue weighted by Crippen LogP contribution is -3.16. The molecule has 1 aromatic carbocycles. The van der Waals surface area contributed by atoms with Crippen LogP contribution in [0.1, 0.15) is 38.2 Å². The molecular formula is C18H26BrN2O+. The van der Waals surface area contributed by atoms with E-state index in [0.717, 1.165) is 35.6 Å². The van der Waals surface area contributed by atoms with Gasteiger partial charge in [-0.3, -0.25) is 4.79 Å². The summed E-state index contributed by atoms with van der Waals surface area (Å²) < 4.78 is 1.02. The lowest BCUT2D eigenvalue weighted by Gasteiger charge is -2.30. The van der Waals surface area contributed by atoms with Crippen LogP contribution >= 0.6 is 15.9 Å². The van der Waals surface area contributed by atoms with Crippen LogP contribution in [0.2, 0.25) is 0 Å². The Morgan fingerprint density at radius 3 is 3.09 bits per heavy atom. The molecule has 4 heteroatoms. The summed E-state index contributed by atoms with van der Waals surface area (Å²) >= 11 is 3.43. The minimum atomic E-state index is -0.0123. The number of hydrogen-bond donors (Lipinski definition) is 2. The van der Waals surface area contributed by atoms with E-state index < -0.39 is 0 Å². The molecule has 1 heterocycles. The maximum absolute atomic E-state index is 11.8. The molecule has 120 valence electrons. The molecule has 2 atom stereocenters. The number of carbonyl (C=O) groups is 1. The van der Waals surface area contributed by atoms with E-state index in [9.17, 15) is 4.79 Å². The van der Waals surface area contributed by atoms with Crippen molar-refractivity contribution < 1.29 is 9.69 Å². The first-order chi connectivity index (χ1) is 10.6. The van der Waals surface area contributed by atoms with Crippen LogP contribution in [0, 0.1) is 0 Å². The first-order valence-corrected chi connectivity index (χ1v) is 9.00. The highest BCUT2D eigenvalue weighted by Crippen LogP contribution is 2.12. The smallest absolute Gasteiger partial charge is 0.244 e. The van der Waals surface area contributed by atoms with E-state index in [0.29, 0.717) is 0 Å². The van der Waals surface area contributed by atoms with Gasteiger partial charge in [0.2, 0.25) is 5.91 Å². The van der Waals surface area contributed by atoms with Gasteiger partial charge in [-0.25, -0.2) is 0 Å². The van der Waals surface area contributed by atoms with E-state index >= 15 is 0 Å². The minimum Gasteiger partial charge on any atom is -0.352 e. The summed E-state index contributed by atoms with van der Waals surface area (Å²) in [4.78, 5) is 13.5. The van der Waals surface area contributed by atoms with Crippen LogP contribution in [0.25, 0.3) is 6.08 Å². The van der Waals surface area contributed by atoms with Gasteiger partial charge in [-0.15, -0.1) is 0 Å². The van der Waals surface area contributed by atoms with Crippen molar-refractivity contribution in [1.29, 1.82) is 0 Å². The molecule has 1 aromatic rings. The Bertz CT molecular complexity index is 516. The summed E-state index contributed by atoms with van der Waals surface area (Å²) in [5, 5.41) is 2.97. The van der Waals surface area contributed by atoms with Gasteiger partial charge in [-0.2, -0.15) is 0 Å². The third kappa shape index (κ3) is 5.93. The predicted octanol–water partition coefficient (Wildman–Crippen LogP) is 2.43. The van der Waals surface area contributed by atoms with Gasteiger partial charge >= 0.3 is 0 Å². The molecule has 1 amide bonds. The summed E-state index contributed by atoms with van der Waals surface area (Å²) in [5.74, 6) is -0.0123. The SMILES string of the molecule is C[C@@H]1CCCC[NH+]1CCCNC(=O)/C=C/c1cccc(Br)c1. The van der Waals surface area contributed by atoms with Crippen molar-refractivity contribution in [3.8, 4) is 0 Å². The molecule has 0 radical (unpaired) electrons. The van der Waals surface area contributed by atoms with E-state index in [-0.39, 0.29) is 5.91 Å². The topological polar surface area (TPSA) is 33.5 Å². The maximum atomic E-state index is 11.8. The van der Waals surface area contributed by atoms with Crippen LogP contribution < -0.4 is 10.2 Å². The summed E-state index contributed by atoms with van der Waals surface area (Å²) in [5.41, 5.74) is 1.02. The lowest BCUT2D eigenvalue weighted by molar-refractivity contribution is -0.928. The van der Waals surface area contributed by atoms with Crippen LogP contribution in [-0.4, -0.2) is 31.6 Å². The molecule has 0 spiro atoms. The van der Waals surface area contributed by atoms with Crippen LogP contribution in [0.3, 0.4) is 0 Å². The largest absolute Gasteiger partial charge is 0.352 e. The van der Waals surface area contributed by atoms with Gasteiger partial charge in [0, 0.05) is 23.5 Å². The number of piperidine rings is 1. The second kappa shape index (κ2) is 9.11. The highest BCUT2D eigenvalue weighted by Gasteiger charge is 2.20. The van der Waals surface area contributed by atoms with E-state index in [2.05, 4.69) is 28.2 Å². The molecule has 2 N–H and O–H groups in total. The highest BCUT2D eigenvalue weighted by molar-refractivity contribution is 9.10. The molecule has 22 heavy (non-hydrogen) atoms. The van der Waals surface area contributed by atoms with Crippen molar-refractivity contribution in [2.24, 2.45) is 0 Å². The van der Waals surface area contributed by atoms with Crippen LogP contribution in [0.5, 0.6) is 0 Å². The number of halogens is 1. The van der Waals surface area contributed by atoms with E-state index in [1.165, 1.54) is 25.8 Å². The molecule has 1 fully saturated rings. The Hall–Kier alpha value is -1.13. The third-order valence-corrected chi connectivity index (χ3v) is 4.82. The monoisotopic (exact) mass is 365 g/mol. The molecule has 0 aromatic heterocycles. The minimum absolute atomic E-state index is 0.0123. The molecule has 3 nitrogen and oxygen atoms in total. The van der Waals surface area contributed by atoms with Gasteiger partial charge in [0.25, 0.3) is 0 Å². The maximum Gasteiger partial charge on any atom is 0.244 e. The zero-order valence-electron chi connectivity index (χ0n) is 13.3. The predicted molar refractivity (Wildman–Crippen MR) is 94.8 cm³/mol. The fourth-order valence-corrected chi connectivity index (χ4v) is 3.41. The zero-order valence-corrected chi connectivity index (χ0v) is 14.9. The summed E-state index contributed by atoms with van der Waals surface area (Å²) in [7, 11) is 0. The van der Waals surface area contributed by atoms with E-state index in [4.69, 9.17) is 0 Å². The summed E-state index contributed by atoms with van der Waals surface area (Å²) in [6.45, 7) is 5.56. The molecular weight excluding hydrogens is 340 g/mol. The normalized spacial score (nSPS) is 21.9. The van der Waals surface area contributed by atoms with Crippen LogP contribution in [0.15, 0.2) is 34.8 Å². The average Bonchev–Trinajstić information content (AvgIpc) is 2.51. The van der Waals surface area contributed by atoms with Crippen molar-refractivity contribution in [1.82, 2.24) is 5.32 Å². The van der Waals surface area contributed by atoms with E-state index in [1.54, 1.807) is 11.0 Å². The number of benzene rings is 1. The van der Waals surface area contributed by atoms with Crippen molar-refractivity contribution in [3.63, 3.8) is 0 Å². The van der Waals surface area contributed by atoms with Crippen molar-refractivity contribution in [2.75, 3.05) is 19.6 Å². The fraction of sp³-hybridized carbons (Fsp3) is 0.500. The third-order valence-electron chi connectivity index (χ3n) is 4.33. The highest BCUT2D eigenvalue weighted by atomic mass is 79.9.